The molecular weight excluding hydrogens is 272 g/mol. The summed E-state index contributed by atoms with van der Waals surface area (Å²) in [6, 6.07) is 7.82. The third kappa shape index (κ3) is 6.89. The molecule has 0 aliphatic rings. The minimum atomic E-state index is -0.112. The Hall–Kier alpha value is -1.88. The summed E-state index contributed by atoms with van der Waals surface area (Å²) in [5.74, 6) is 0.707. The van der Waals surface area contributed by atoms with Gasteiger partial charge < -0.3 is 15.4 Å². The van der Waals surface area contributed by atoms with Crippen molar-refractivity contribution >= 4 is 23.2 Å². The van der Waals surface area contributed by atoms with E-state index < -0.39 is 0 Å². The second-order valence-corrected chi connectivity index (χ2v) is 4.72. The van der Waals surface area contributed by atoms with Crippen LogP contribution in [0, 0.1) is 6.92 Å². The van der Waals surface area contributed by atoms with Gasteiger partial charge in [0.2, 0.25) is 5.91 Å². The van der Waals surface area contributed by atoms with Crippen LogP contribution in [0.3, 0.4) is 0 Å². The predicted molar refractivity (Wildman–Crippen MR) is 84.8 cm³/mol. The van der Waals surface area contributed by atoms with E-state index in [0.717, 1.165) is 5.75 Å². The van der Waals surface area contributed by atoms with Crippen LogP contribution >= 0.6 is 12.2 Å². The van der Waals surface area contributed by atoms with Crippen LogP contribution in [-0.4, -0.2) is 24.2 Å². The van der Waals surface area contributed by atoms with Crippen LogP contribution in [0.1, 0.15) is 18.4 Å². The normalized spacial score (nSPS) is 9.65. The van der Waals surface area contributed by atoms with Crippen molar-refractivity contribution in [3.05, 3.63) is 42.5 Å². The van der Waals surface area contributed by atoms with E-state index in [1.165, 1.54) is 5.56 Å². The molecule has 1 aromatic rings. The van der Waals surface area contributed by atoms with Gasteiger partial charge in [0.1, 0.15) is 5.75 Å². The van der Waals surface area contributed by atoms with Crippen LogP contribution in [0.2, 0.25) is 0 Å². The molecule has 0 saturated carbocycles. The molecule has 5 heteroatoms. The number of amides is 1. The summed E-state index contributed by atoms with van der Waals surface area (Å²) >= 11 is 4.94. The van der Waals surface area contributed by atoms with Gasteiger partial charge in [0.25, 0.3) is 0 Å². The fourth-order valence-electron chi connectivity index (χ4n) is 1.46. The molecule has 1 aromatic carbocycles. The third-order valence-electron chi connectivity index (χ3n) is 2.50. The first kappa shape index (κ1) is 16.2. The highest BCUT2D eigenvalue weighted by atomic mass is 32.1. The molecule has 0 saturated heterocycles. The van der Waals surface area contributed by atoms with Crippen LogP contribution in [0.25, 0.3) is 0 Å². The fourth-order valence-corrected chi connectivity index (χ4v) is 1.65. The molecule has 0 aliphatic heterocycles. The van der Waals surface area contributed by atoms with E-state index >= 15 is 0 Å². The minimum Gasteiger partial charge on any atom is -0.494 e. The van der Waals surface area contributed by atoms with Gasteiger partial charge in [-0.2, -0.15) is 0 Å². The number of rotatable bonds is 7. The molecule has 108 valence electrons. The number of thiocarbonyl (C=S) groups is 1. The van der Waals surface area contributed by atoms with Crippen LogP contribution in [0.4, 0.5) is 0 Å². The van der Waals surface area contributed by atoms with Crippen LogP contribution in [0.5, 0.6) is 5.75 Å². The summed E-state index contributed by atoms with van der Waals surface area (Å²) < 4.78 is 5.54. The molecule has 2 N–H and O–H groups in total. The summed E-state index contributed by atoms with van der Waals surface area (Å²) in [5, 5.41) is 5.76. The Balaban J connectivity index is 2.14. The lowest BCUT2D eigenvalue weighted by molar-refractivity contribution is -0.119. The topological polar surface area (TPSA) is 50.4 Å². The molecule has 1 amide bonds. The van der Waals surface area contributed by atoms with Gasteiger partial charge in [0, 0.05) is 13.0 Å². The minimum absolute atomic E-state index is 0.112. The molecule has 20 heavy (non-hydrogen) atoms. The Bertz CT molecular complexity index is 457. The quantitative estimate of drug-likeness (QED) is 0.460. The van der Waals surface area contributed by atoms with Gasteiger partial charge in [-0.3, -0.25) is 4.79 Å². The van der Waals surface area contributed by atoms with Crippen molar-refractivity contribution in [3.63, 3.8) is 0 Å². The van der Waals surface area contributed by atoms with Crippen LogP contribution in [-0.2, 0) is 4.79 Å². The second kappa shape index (κ2) is 9.09. The summed E-state index contributed by atoms with van der Waals surface area (Å²) in [6.07, 6.45) is 2.69. The first-order chi connectivity index (χ1) is 9.61. The SMILES string of the molecule is C=CCNC(=S)NC(=O)CCCOc1ccc(C)cc1. The van der Waals surface area contributed by atoms with E-state index in [1.54, 1.807) is 6.08 Å². The lowest BCUT2D eigenvalue weighted by atomic mass is 10.2. The maximum atomic E-state index is 11.6. The van der Waals surface area contributed by atoms with E-state index in [9.17, 15) is 4.79 Å². The average molecular weight is 292 g/mol. The molecule has 0 unspecified atom stereocenters. The largest absolute Gasteiger partial charge is 0.494 e. The van der Waals surface area contributed by atoms with Gasteiger partial charge in [-0.1, -0.05) is 23.8 Å². The van der Waals surface area contributed by atoms with Crippen molar-refractivity contribution in [2.75, 3.05) is 13.2 Å². The maximum absolute atomic E-state index is 11.6. The van der Waals surface area contributed by atoms with Crippen molar-refractivity contribution in [2.45, 2.75) is 19.8 Å². The summed E-state index contributed by atoms with van der Waals surface area (Å²) in [6.45, 7) is 6.62. The number of hydrogen-bond donors (Lipinski definition) is 2. The average Bonchev–Trinajstić information content (AvgIpc) is 2.43. The summed E-state index contributed by atoms with van der Waals surface area (Å²) in [4.78, 5) is 11.6. The molecule has 0 aliphatic carbocycles. The molecule has 0 spiro atoms. The van der Waals surface area contributed by atoms with Crippen LogP contribution < -0.4 is 15.4 Å². The zero-order valence-electron chi connectivity index (χ0n) is 11.6. The fraction of sp³-hybridized carbons (Fsp3) is 0.333. The molecule has 0 bridgehead atoms. The smallest absolute Gasteiger partial charge is 0.226 e. The zero-order valence-corrected chi connectivity index (χ0v) is 12.5. The lowest BCUT2D eigenvalue weighted by Gasteiger charge is -2.08. The van der Waals surface area contributed by atoms with Gasteiger partial charge in [0.05, 0.1) is 6.61 Å². The van der Waals surface area contributed by atoms with Gasteiger partial charge in [-0.25, -0.2) is 0 Å². The number of hydrogen-bond acceptors (Lipinski definition) is 3. The molecule has 4 nitrogen and oxygen atoms in total. The molecule has 1 rings (SSSR count). The first-order valence-electron chi connectivity index (χ1n) is 6.50. The number of carbonyl (C=O) groups excluding carboxylic acids is 1. The maximum Gasteiger partial charge on any atom is 0.226 e. The van der Waals surface area contributed by atoms with Gasteiger partial charge >= 0.3 is 0 Å². The Labute approximate surface area is 125 Å². The Kier molecular flexibility index (Phi) is 7.35. The molecular formula is C15H20N2O2S. The Morgan fingerprint density at radius 3 is 2.75 bits per heavy atom. The van der Waals surface area contributed by atoms with Crippen molar-refractivity contribution in [1.29, 1.82) is 0 Å². The monoisotopic (exact) mass is 292 g/mol. The highest BCUT2D eigenvalue weighted by molar-refractivity contribution is 7.80. The number of aryl methyl sites for hydroxylation is 1. The van der Waals surface area contributed by atoms with E-state index in [4.69, 9.17) is 17.0 Å². The van der Waals surface area contributed by atoms with E-state index in [2.05, 4.69) is 17.2 Å². The summed E-state index contributed by atoms with van der Waals surface area (Å²) in [7, 11) is 0. The highest BCUT2D eigenvalue weighted by Gasteiger charge is 2.03. The second-order valence-electron chi connectivity index (χ2n) is 4.31. The van der Waals surface area contributed by atoms with Crippen molar-refractivity contribution in [3.8, 4) is 5.75 Å². The Morgan fingerprint density at radius 1 is 1.40 bits per heavy atom. The van der Waals surface area contributed by atoms with Gasteiger partial charge in [0.15, 0.2) is 5.11 Å². The number of ether oxygens (including phenoxy) is 1. The van der Waals surface area contributed by atoms with Gasteiger partial charge in [-0.05, 0) is 37.7 Å². The van der Waals surface area contributed by atoms with E-state index in [1.807, 2.05) is 31.2 Å². The van der Waals surface area contributed by atoms with Crippen LogP contribution in [0.15, 0.2) is 36.9 Å². The van der Waals surface area contributed by atoms with E-state index in [-0.39, 0.29) is 5.91 Å². The molecule has 0 radical (unpaired) electrons. The lowest BCUT2D eigenvalue weighted by Crippen LogP contribution is -2.39. The molecule has 0 fully saturated rings. The first-order valence-corrected chi connectivity index (χ1v) is 6.90. The van der Waals surface area contributed by atoms with Crippen molar-refractivity contribution in [2.24, 2.45) is 0 Å². The number of benzene rings is 1. The molecule has 0 heterocycles. The molecule has 0 atom stereocenters. The number of nitrogens with one attached hydrogen (secondary N) is 2. The molecule has 0 aromatic heterocycles. The number of carbonyl (C=O) groups is 1. The van der Waals surface area contributed by atoms with Crippen molar-refractivity contribution < 1.29 is 9.53 Å². The van der Waals surface area contributed by atoms with E-state index in [0.29, 0.717) is 31.1 Å². The van der Waals surface area contributed by atoms with Crippen molar-refractivity contribution in [1.82, 2.24) is 10.6 Å². The zero-order chi connectivity index (χ0) is 14.8. The standard InChI is InChI=1S/C15H20N2O2S/c1-3-10-16-15(20)17-14(18)5-4-11-19-13-8-6-12(2)7-9-13/h3,6-9H,1,4-5,10-11H2,2H3,(H2,16,17,18,20). The van der Waals surface area contributed by atoms with Gasteiger partial charge in [-0.15, -0.1) is 6.58 Å². The third-order valence-corrected chi connectivity index (χ3v) is 2.74. The predicted octanol–water partition coefficient (Wildman–Crippen LogP) is 2.33. The Morgan fingerprint density at radius 2 is 2.10 bits per heavy atom. The highest BCUT2D eigenvalue weighted by Crippen LogP contribution is 2.11. The summed E-state index contributed by atoms with van der Waals surface area (Å²) in [5.41, 5.74) is 1.19.